The van der Waals surface area contributed by atoms with E-state index in [9.17, 15) is 14.4 Å². The Balaban J connectivity index is 0.00000117. The topological polar surface area (TPSA) is 78.5 Å². The molecule has 2 aliphatic rings. The SMILES string of the molecule is CC1CN(C(=O)CC[C@H]2NC(=O)NC2=O)CCc2ccc(Cl)cc21.[CH]#[V]. The molecule has 2 N–H and O–H groups in total. The fraction of sp³-hybridized carbons (Fsp3) is 0.444. The van der Waals surface area contributed by atoms with Crippen molar-refractivity contribution in [1.82, 2.24) is 15.5 Å². The molecule has 3 rings (SSSR count). The third kappa shape index (κ3) is 4.92. The van der Waals surface area contributed by atoms with Crippen molar-refractivity contribution in [2.24, 2.45) is 0 Å². The predicted molar refractivity (Wildman–Crippen MR) is 94.8 cm³/mol. The molecular weight excluding hydrogens is 393 g/mol. The van der Waals surface area contributed by atoms with Crippen LogP contribution < -0.4 is 10.6 Å². The van der Waals surface area contributed by atoms with Gasteiger partial charge in [-0.3, -0.25) is 14.9 Å². The van der Waals surface area contributed by atoms with Crippen LogP contribution in [0.2, 0.25) is 5.02 Å². The number of urea groups is 1. The summed E-state index contributed by atoms with van der Waals surface area (Å²) in [4.78, 5) is 37.0. The fourth-order valence-electron chi connectivity index (χ4n) is 3.34. The van der Waals surface area contributed by atoms with Crippen molar-refractivity contribution in [3.63, 3.8) is 0 Å². The minimum absolute atomic E-state index is 0.00898. The van der Waals surface area contributed by atoms with Gasteiger partial charge in [0.2, 0.25) is 5.91 Å². The van der Waals surface area contributed by atoms with Gasteiger partial charge in [0.1, 0.15) is 6.04 Å². The van der Waals surface area contributed by atoms with Crippen LogP contribution in [-0.4, -0.2) is 41.9 Å². The molecule has 0 radical (unpaired) electrons. The number of fused-ring (bicyclic) bond motifs is 1. The van der Waals surface area contributed by atoms with Gasteiger partial charge in [-0.05, 0) is 42.0 Å². The Hall–Kier alpha value is -1.72. The third-order valence-corrected chi connectivity index (χ3v) is 4.88. The number of halogens is 1. The van der Waals surface area contributed by atoms with Gasteiger partial charge < -0.3 is 10.2 Å². The maximum atomic E-state index is 12.5. The van der Waals surface area contributed by atoms with Crippen LogP contribution in [0.15, 0.2) is 18.2 Å². The Morgan fingerprint density at radius 1 is 1.38 bits per heavy atom. The molecule has 0 spiro atoms. The van der Waals surface area contributed by atoms with E-state index in [2.05, 4.69) is 22.6 Å². The molecule has 2 atom stereocenters. The van der Waals surface area contributed by atoms with Crippen molar-refractivity contribution in [2.75, 3.05) is 13.1 Å². The van der Waals surface area contributed by atoms with E-state index < -0.39 is 12.1 Å². The van der Waals surface area contributed by atoms with Gasteiger partial charge in [0.15, 0.2) is 0 Å². The van der Waals surface area contributed by atoms with Crippen LogP contribution in [0, 0.1) is 5.04 Å². The summed E-state index contributed by atoms with van der Waals surface area (Å²) in [5.41, 5.74) is 2.42. The molecule has 0 bridgehead atoms. The molecule has 1 saturated heterocycles. The molecule has 1 fully saturated rings. The van der Waals surface area contributed by atoms with E-state index in [-0.39, 0.29) is 24.2 Å². The van der Waals surface area contributed by atoms with E-state index in [0.717, 1.165) is 6.42 Å². The first-order valence-corrected chi connectivity index (χ1v) is 9.55. The quantitative estimate of drug-likeness (QED) is 0.743. The molecule has 1 unspecified atom stereocenters. The van der Waals surface area contributed by atoms with Gasteiger partial charge in [0.25, 0.3) is 5.91 Å². The van der Waals surface area contributed by atoms with Crippen LogP contribution in [0.5, 0.6) is 0 Å². The summed E-state index contributed by atoms with van der Waals surface area (Å²) in [5, 5.41) is 9.85. The number of benzene rings is 1. The standard InChI is InChI=1S/C17H20ClN3O3.CH.V/c1-10-9-21(7-6-11-2-3-12(18)8-13(10)11)15(22)5-4-14-16(23)20-17(24)19-14;;/h2-3,8,10,14H,4-7,9H2,1H3,(H2,19,20,23,24);1H;/t10?,14-;;/m1../s1. The van der Waals surface area contributed by atoms with Crippen molar-refractivity contribution in [2.45, 2.75) is 38.1 Å². The van der Waals surface area contributed by atoms with E-state index in [1.165, 1.54) is 11.1 Å². The zero-order valence-corrected chi connectivity index (χ0v) is 16.6. The number of rotatable bonds is 3. The van der Waals surface area contributed by atoms with Gasteiger partial charge in [-0.15, -0.1) is 0 Å². The molecule has 1 aromatic carbocycles. The van der Waals surface area contributed by atoms with Crippen molar-refractivity contribution >= 4 is 29.4 Å². The molecule has 6 nitrogen and oxygen atoms in total. The predicted octanol–water partition coefficient (Wildman–Crippen LogP) is 1.94. The summed E-state index contributed by atoms with van der Waals surface area (Å²) in [6, 6.07) is 4.79. The maximum absolute atomic E-state index is 12.5. The summed E-state index contributed by atoms with van der Waals surface area (Å²) < 4.78 is 0. The number of hydrogen-bond donors (Lipinski definition) is 2. The van der Waals surface area contributed by atoms with Gasteiger partial charge in [-0.2, -0.15) is 0 Å². The Morgan fingerprint density at radius 3 is 2.77 bits per heavy atom. The molecule has 0 aliphatic carbocycles. The molecule has 0 aromatic heterocycles. The second-order valence-corrected chi connectivity index (χ2v) is 6.82. The van der Waals surface area contributed by atoms with Gasteiger partial charge >= 0.3 is 27.9 Å². The van der Waals surface area contributed by atoms with Gasteiger partial charge in [0.05, 0.1) is 0 Å². The van der Waals surface area contributed by atoms with Gasteiger partial charge in [-0.25, -0.2) is 4.79 Å². The molecule has 0 saturated carbocycles. The van der Waals surface area contributed by atoms with Crippen LogP contribution >= 0.6 is 11.6 Å². The number of imide groups is 1. The summed E-state index contributed by atoms with van der Waals surface area (Å²) in [5.74, 6) is -0.145. The second kappa shape index (κ2) is 9.29. The minimum atomic E-state index is -0.609. The Bertz CT molecular complexity index is 738. The summed E-state index contributed by atoms with van der Waals surface area (Å²) in [7, 11) is 0. The fourth-order valence-corrected chi connectivity index (χ4v) is 3.52. The third-order valence-electron chi connectivity index (χ3n) is 4.64. The molecule has 2 aliphatic heterocycles. The van der Waals surface area contributed by atoms with E-state index in [4.69, 9.17) is 11.6 Å². The first-order chi connectivity index (χ1) is 12.4. The average molecular weight is 414 g/mol. The zero-order valence-electron chi connectivity index (χ0n) is 14.5. The molecule has 8 heteroatoms. The molecule has 138 valence electrons. The molecule has 4 amide bonds. The first-order valence-electron chi connectivity index (χ1n) is 8.37. The van der Waals surface area contributed by atoms with Crippen molar-refractivity contribution in [3.05, 3.63) is 34.3 Å². The van der Waals surface area contributed by atoms with Crippen LogP contribution in [0.3, 0.4) is 0 Å². The van der Waals surface area contributed by atoms with Crippen LogP contribution in [-0.2, 0) is 32.8 Å². The summed E-state index contributed by atoms with van der Waals surface area (Å²) >= 11 is 7.90. The van der Waals surface area contributed by atoms with E-state index in [1.807, 2.05) is 39.9 Å². The van der Waals surface area contributed by atoms with E-state index >= 15 is 0 Å². The van der Waals surface area contributed by atoms with Crippen LogP contribution in [0.1, 0.15) is 36.8 Å². The molecular formula is C18H21ClN3O3V. The number of hydrogen-bond acceptors (Lipinski definition) is 3. The second-order valence-electron chi connectivity index (χ2n) is 6.39. The number of amides is 4. The zero-order chi connectivity index (χ0) is 19.3. The molecule has 1 aromatic rings. The number of nitrogens with one attached hydrogen (secondary N) is 2. The van der Waals surface area contributed by atoms with Crippen molar-refractivity contribution in [3.8, 4) is 5.04 Å². The van der Waals surface area contributed by atoms with Gasteiger partial charge in [-0.1, -0.05) is 24.6 Å². The first kappa shape index (κ1) is 20.6. The Labute approximate surface area is 166 Å². The molecule has 26 heavy (non-hydrogen) atoms. The monoisotopic (exact) mass is 413 g/mol. The van der Waals surface area contributed by atoms with Gasteiger partial charge in [0, 0.05) is 24.5 Å². The normalized spacial score (nSPS) is 21.6. The van der Waals surface area contributed by atoms with Crippen LogP contribution in [0.25, 0.3) is 0 Å². The average Bonchev–Trinajstić information content (AvgIpc) is 2.86. The summed E-state index contributed by atoms with van der Waals surface area (Å²) in [6.07, 6.45) is 1.35. The van der Waals surface area contributed by atoms with Crippen molar-refractivity contribution in [1.29, 1.82) is 0 Å². The Kier molecular flexibility index (Phi) is 7.36. The van der Waals surface area contributed by atoms with E-state index in [1.54, 1.807) is 0 Å². The number of nitrogens with zero attached hydrogens (tertiary/aromatic N) is 1. The summed E-state index contributed by atoms with van der Waals surface area (Å²) in [6.45, 7) is 3.38. The van der Waals surface area contributed by atoms with E-state index in [0.29, 0.717) is 24.5 Å². The number of carbonyl (C=O) groups excluding carboxylic acids is 3. The molecule has 2 heterocycles. The van der Waals surface area contributed by atoms with Crippen LogP contribution in [0.4, 0.5) is 4.79 Å². The number of carbonyl (C=O) groups is 3. The Morgan fingerprint density at radius 2 is 2.12 bits per heavy atom. The van der Waals surface area contributed by atoms with Crippen molar-refractivity contribution < 1.29 is 31.2 Å².